The van der Waals surface area contributed by atoms with Gasteiger partial charge in [0, 0.05) is 35.7 Å². The van der Waals surface area contributed by atoms with E-state index in [0.29, 0.717) is 26.9 Å². The van der Waals surface area contributed by atoms with Gasteiger partial charge in [-0.1, -0.05) is 72.4 Å². The number of methoxy groups -OCH3 is 1. The molecule has 0 bridgehead atoms. The van der Waals surface area contributed by atoms with Crippen LogP contribution in [0.1, 0.15) is 27.6 Å². The quantitative estimate of drug-likeness (QED) is 0.277. The first-order valence-corrected chi connectivity index (χ1v) is 13.3. The summed E-state index contributed by atoms with van der Waals surface area (Å²) in [4.78, 5) is 44.2. The highest BCUT2D eigenvalue weighted by atomic mass is 32.2. The molecule has 37 heavy (non-hydrogen) atoms. The second-order valence-corrected chi connectivity index (χ2v) is 10.4. The van der Waals surface area contributed by atoms with Crippen LogP contribution in [-0.4, -0.2) is 30.3 Å². The van der Waals surface area contributed by atoms with E-state index < -0.39 is 11.6 Å². The van der Waals surface area contributed by atoms with Crippen molar-refractivity contribution >= 4 is 51.0 Å². The van der Waals surface area contributed by atoms with Gasteiger partial charge in [-0.25, -0.2) is 0 Å². The van der Waals surface area contributed by atoms with Crippen LogP contribution in [0.3, 0.4) is 0 Å². The third-order valence-corrected chi connectivity index (χ3v) is 8.73. The summed E-state index contributed by atoms with van der Waals surface area (Å²) in [5.74, 6) is -0.0902. The number of nitrogens with zero attached hydrogens (tertiary/aromatic N) is 2. The molecule has 0 radical (unpaired) electrons. The Labute approximate surface area is 222 Å². The van der Waals surface area contributed by atoms with E-state index in [1.807, 2.05) is 49.2 Å². The molecule has 186 valence electrons. The molecular weight excluding hydrogens is 504 g/mol. The van der Waals surface area contributed by atoms with Crippen molar-refractivity contribution in [1.29, 1.82) is 0 Å². The molecule has 2 heterocycles. The summed E-state index contributed by atoms with van der Waals surface area (Å²) in [5.41, 5.74) is 1.49. The molecule has 6 nitrogen and oxygen atoms in total. The fourth-order valence-electron chi connectivity index (χ4n) is 4.24. The van der Waals surface area contributed by atoms with Crippen molar-refractivity contribution in [3.63, 3.8) is 0 Å². The Morgan fingerprint density at radius 3 is 2.03 bits per heavy atom. The Morgan fingerprint density at radius 1 is 0.892 bits per heavy atom. The van der Waals surface area contributed by atoms with Gasteiger partial charge in [0.25, 0.3) is 5.56 Å². The SMILES string of the molecule is CCn1c(=C(C(=O)c2ccccc2)C(=O)c2ccccc2)sc(=C2Sc3ccc(OC)cc3N2C)c1=O. The minimum absolute atomic E-state index is 0.00182. The molecule has 0 N–H and O–H groups in total. The Morgan fingerprint density at radius 2 is 1.49 bits per heavy atom. The fourth-order valence-corrected chi connectivity index (χ4v) is 6.77. The molecule has 8 heteroatoms. The molecule has 1 aliphatic heterocycles. The Bertz CT molecular complexity index is 1640. The highest BCUT2D eigenvalue weighted by Gasteiger charge is 2.28. The van der Waals surface area contributed by atoms with Gasteiger partial charge in [-0.15, -0.1) is 11.3 Å². The molecule has 0 unspecified atom stereocenters. The third kappa shape index (κ3) is 4.43. The second kappa shape index (κ2) is 10.2. The van der Waals surface area contributed by atoms with Crippen molar-refractivity contribution in [3.05, 3.63) is 110 Å². The van der Waals surface area contributed by atoms with Crippen molar-refractivity contribution in [2.75, 3.05) is 19.1 Å². The lowest BCUT2D eigenvalue weighted by Gasteiger charge is -2.13. The predicted octanol–water partition coefficient (Wildman–Crippen LogP) is 4.16. The Kier molecular flexibility index (Phi) is 6.86. The molecule has 0 fully saturated rings. The van der Waals surface area contributed by atoms with Gasteiger partial charge in [-0.05, 0) is 19.1 Å². The summed E-state index contributed by atoms with van der Waals surface area (Å²) in [7, 11) is 3.52. The highest BCUT2D eigenvalue weighted by molar-refractivity contribution is 8.08. The third-order valence-electron chi connectivity index (χ3n) is 6.17. The molecule has 1 aromatic heterocycles. The monoisotopic (exact) mass is 528 g/mol. The summed E-state index contributed by atoms with van der Waals surface area (Å²) in [6.45, 7) is 2.16. The van der Waals surface area contributed by atoms with Crippen molar-refractivity contribution in [1.82, 2.24) is 4.57 Å². The first-order chi connectivity index (χ1) is 17.9. The van der Waals surface area contributed by atoms with Crippen LogP contribution in [-0.2, 0) is 6.54 Å². The smallest absolute Gasteiger partial charge is 0.271 e. The van der Waals surface area contributed by atoms with Gasteiger partial charge < -0.3 is 9.64 Å². The number of aromatic nitrogens is 1. The number of rotatable bonds is 6. The second-order valence-electron chi connectivity index (χ2n) is 8.35. The summed E-state index contributed by atoms with van der Waals surface area (Å²) in [6, 6.07) is 23.2. The van der Waals surface area contributed by atoms with E-state index in [0.717, 1.165) is 21.4 Å². The van der Waals surface area contributed by atoms with E-state index in [4.69, 9.17) is 4.74 Å². The number of hydrogen-bond acceptors (Lipinski definition) is 7. The van der Waals surface area contributed by atoms with Crippen molar-refractivity contribution in [3.8, 4) is 5.75 Å². The molecule has 0 amide bonds. The standard InChI is InChI=1S/C29H24N2O4S2/c1-4-31-27(34)26(29-30(2)21-17-20(35-3)15-16-22(21)36-29)37-28(31)23(24(32)18-11-7-5-8-12-18)25(33)19-13-9-6-10-14-19/h5-17H,4H2,1-3H3. The Hall–Kier alpha value is -3.88. The van der Waals surface area contributed by atoms with Crippen LogP contribution in [0.2, 0.25) is 0 Å². The lowest BCUT2D eigenvalue weighted by atomic mass is 9.96. The average Bonchev–Trinajstić information content (AvgIpc) is 3.44. The van der Waals surface area contributed by atoms with Crippen molar-refractivity contribution in [2.24, 2.45) is 0 Å². The number of thiazole rings is 1. The van der Waals surface area contributed by atoms with Crippen LogP contribution in [0.15, 0.2) is 88.6 Å². The van der Waals surface area contributed by atoms with Crippen LogP contribution in [0, 0.1) is 0 Å². The van der Waals surface area contributed by atoms with Crippen LogP contribution in [0.5, 0.6) is 5.75 Å². The molecule has 3 aromatic carbocycles. The number of ketones is 2. The summed E-state index contributed by atoms with van der Waals surface area (Å²) in [6.07, 6.45) is 0. The normalized spacial score (nSPS) is 13.9. The number of carbonyl (C=O) groups is 2. The van der Waals surface area contributed by atoms with Crippen molar-refractivity contribution in [2.45, 2.75) is 18.4 Å². The van der Waals surface area contributed by atoms with Crippen LogP contribution >= 0.6 is 23.1 Å². The number of thioether (sulfide) groups is 1. The zero-order valence-electron chi connectivity index (χ0n) is 20.6. The van der Waals surface area contributed by atoms with E-state index in [1.54, 1.807) is 55.6 Å². The minimum atomic E-state index is -0.407. The van der Waals surface area contributed by atoms with Gasteiger partial charge >= 0.3 is 0 Å². The molecule has 1 aliphatic rings. The summed E-state index contributed by atoms with van der Waals surface area (Å²) >= 11 is 2.68. The first kappa shape index (κ1) is 24.8. The van der Waals surface area contributed by atoms with E-state index in [2.05, 4.69) is 0 Å². The molecule has 0 aliphatic carbocycles. The van der Waals surface area contributed by atoms with Gasteiger partial charge in [0.1, 0.15) is 25.5 Å². The zero-order chi connectivity index (χ0) is 26.1. The maximum absolute atomic E-state index is 13.8. The lowest BCUT2D eigenvalue weighted by Crippen LogP contribution is -2.35. The number of hydrogen-bond donors (Lipinski definition) is 0. The van der Waals surface area contributed by atoms with Crippen LogP contribution in [0.4, 0.5) is 5.69 Å². The van der Waals surface area contributed by atoms with Gasteiger partial charge in [0.15, 0.2) is 11.6 Å². The molecule has 4 aromatic rings. The van der Waals surface area contributed by atoms with E-state index in [9.17, 15) is 14.4 Å². The molecule has 5 rings (SSSR count). The number of benzene rings is 3. The highest BCUT2D eigenvalue weighted by Crippen LogP contribution is 2.46. The summed E-state index contributed by atoms with van der Waals surface area (Å²) < 4.78 is 7.75. The first-order valence-electron chi connectivity index (χ1n) is 11.7. The fraction of sp³-hybridized carbons (Fsp3) is 0.138. The zero-order valence-corrected chi connectivity index (χ0v) is 22.2. The largest absolute Gasteiger partial charge is 0.497 e. The van der Waals surface area contributed by atoms with Crippen LogP contribution in [0.25, 0.3) is 10.6 Å². The molecule has 0 spiro atoms. The van der Waals surface area contributed by atoms with Gasteiger partial charge in [0.2, 0.25) is 0 Å². The van der Waals surface area contributed by atoms with Gasteiger partial charge in [0.05, 0.1) is 12.8 Å². The maximum Gasteiger partial charge on any atom is 0.271 e. The van der Waals surface area contributed by atoms with Crippen molar-refractivity contribution < 1.29 is 14.3 Å². The molecule has 0 atom stereocenters. The molecular formula is C29H24N2O4S2. The van der Waals surface area contributed by atoms with Gasteiger partial charge in [-0.2, -0.15) is 0 Å². The minimum Gasteiger partial charge on any atom is -0.497 e. The van der Waals surface area contributed by atoms with E-state index in [-0.39, 0.29) is 11.1 Å². The lowest BCUT2D eigenvalue weighted by molar-refractivity contribution is 0.0996. The maximum atomic E-state index is 13.8. The number of fused-ring (bicyclic) bond motifs is 1. The Balaban J connectivity index is 1.80. The topological polar surface area (TPSA) is 68.6 Å². The molecule has 0 saturated carbocycles. The van der Waals surface area contributed by atoms with E-state index in [1.165, 1.54) is 27.7 Å². The van der Waals surface area contributed by atoms with Crippen LogP contribution < -0.4 is 24.4 Å². The number of Topliss-reactive ketones (excluding diaryl/α,β-unsaturated/α-hetero) is 2. The predicted molar refractivity (Wildman–Crippen MR) is 149 cm³/mol. The number of anilines is 1. The van der Waals surface area contributed by atoms with Gasteiger partial charge in [-0.3, -0.25) is 19.0 Å². The molecule has 0 saturated heterocycles. The number of ether oxygens (including phenoxy) is 1. The summed E-state index contributed by atoms with van der Waals surface area (Å²) in [5, 5.41) is 0.755. The number of carbonyl (C=O) groups excluding carboxylic acids is 2. The average molecular weight is 529 g/mol. The van der Waals surface area contributed by atoms with E-state index >= 15 is 0 Å².